The van der Waals surface area contributed by atoms with Gasteiger partial charge in [-0.1, -0.05) is 24.3 Å². The van der Waals surface area contributed by atoms with Gasteiger partial charge in [0.25, 0.3) is 0 Å². The summed E-state index contributed by atoms with van der Waals surface area (Å²) in [6.07, 6.45) is 1.86. The minimum atomic E-state index is -0.263. The fourth-order valence-corrected chi connectivity index (χ4v) is 3.40. The van der Waals surface area contributed by atoms with Gasteiger partial charge in [0.15, 0.2) is 0 Å². The first-order chi connectivity index (χ1) is 12.8. The predicted molar refractivity (Wildman–Crippen MR) is 102 cm³/mol. The normalized spacial score (nSPS) is 19.0. The van der Waals surface area contributed by atoms with E-state index < -0.39 is 0 Å². The number of aliphatic imine (C=N–C) groups is 1. The van der Waals surface area contributed by atoms with E-state index >= 15 is 0 Å². The summed E-state index contributed by atoms with van der Waals surface area (Å²) >= 11 is 5.65. The highest BCUT2D eigenvalue weighted by Crippen LogP contribution is 2.38. The van der Waals surface area contributed by atoms with E-state index in [1.807, 2.05) is 42.6 Å². The Kier molecular flexibility index (Phi) is 4.86. The number of fused-ring (bicyclic) bond motifs is 1. The van der Waals surface area contributed by atoms with E-state index in [0.29, 0.717) is 5.84 Å². The summed E-state index contributed by atoms with van der Waals surface area (Å²) in [7, 11) is 0. The molecule has 1 saturated heterocycles. The van der Waals surface area contributed by atoms with Crippen molar-refractivity contribution in [1.29, 1.82) is 0 Å². The molecule has 134 valence electrons. The van der Waals surface area contributed by atoms with Crippen molar-refractivity contribution in [3.63, 3.8) is 0 Å². The Balaban J connectivity index is 1.63. The Morgan fingerprint density at radius 3 is 2.77 bits per heavy atom. The van der Waals surface area contributed by atoms with Crippen LogP contribution in [0.25, 0.3) is 0 Å². The largest absolute Gasteiger partial charge is 0.378 e. The lowest BCUT2D eigenvalue weighted by Crippen LogP contribution is -2.37. The molecule has 1 aromatic heterocycles. The second kappa shape index (κ2) is 7.43. The van der Waals surface area contributed by atoms with Crippen LogP contribution in [0.4, 0.5) is 11.5 Å². The summed E-state index contributed by atoms with van der Waals surface area (Å²) in [6, 6.07) is 11.9. The van der Waals surface area contributed by atoms with Crippen molar-refractivity contribution in [2.45, 2.75) is 5.92 Å². The molecule has 4 rings (SSSR count). The summed E-state index contributed by atoms with van der Waals surface area (Å²) in [6.45, 7) is 3.13. The van der Waals surface area contributed by atoms with Crippen LogP contribution >= 0.6 is 11.6 Å². The molecule has 1 atom stereocenters. The quantitative estimate of drug-likeness (QED) is 0.843. The molecule has 0 saturated carbocycles. The summed E-state index contributed by atoms with van der Waals surface area (Å²) in [5.41, 5.74) is 2.90. The van der Waals surface area contributed by atoms with Crippen molar-refractivity contribution in [1.82, 2.24) is 10.3 Å². The first-order valence-corrected chi connectivity index (χ1v) is 9.11. The van der Waals surface area contributed by atoms with E-state index in [0.717, 1.165) is 48.9 Å². The number of para-hydroxylation sites is 1. The lowest BCUT2D eigenvalue weighted by atomic mass is 9.92. The van der Waals surface area contributed by atoms with Crippen LogP contribution in [0, 0.1) is 0 Å². The van der Waals surface area contributed by atoms with E-state index in [9.17, 15) is 4.79 Å². The number of amides is 1. The topological polar surface area (TPSA) is 66.8 Å². The van der Waals surface area contributed by atoms with E-state index in [1.54, 1.807) is 0 Å². The number of hydrogen-bond acceptors (Lipinski definition) is 5. The van der Waals surface area contributed by atoms with Crippen molar-refractivity contribution < 1.29 is 9.53 Å². The second-order valence-corrected chi connectivity index (χ2v) is 6.49. The van der Waals surface area contributed by atoms with Crippen LogP contribution in [0.3, 0.4) is 0 Å². The van der Waals surface area contributed by atoms with Gasteiger partial charge in [0, 0.05) is 19.3 Å². The Morgan fingerprint density at radius 1 is 1.23 bits per heavy atom. The van der Waals surface area contributed by atoms with Crippen molar-refractivity contribution in [3.8, 4) is 0 Å². The Morgan fingerprint density at radius 2 is 2.04 bits per heavy atom. The third kappa shape index (κ3) is 3.30. The number of carbonyl (C=O) groups is 1. The van der Waals surface area contributed by atoms with Crippen molar-refractivity contribution in [2.24, 2.45) is 4.99 Å². The van der Waals surface area contributed by atoms with Gasteiger partial charge in [0.2, 0.25) is 5.91 Å². The summed E-state index contributed by atoms with van der Waals surface area (Å²) in [4.78, 5) is 23.2. The zero-order chi connectivity index (χ0) is 17.9. The smallest absolute Gasteiger partial charge is 0.240 e. The number of anilines is 1. The van der Waals surface area contributed by atoms with Gasteiger partial charge in [-0.2, -0.15) is 0 Å². The van der Waals surface area contributed by atoms with Gasteiger partial charge >= 0.3 is 0 Å². The number of morpholine rings is 1. The molecule has 1 fully saturated rings. The summed E-state index contributed by atoms with van der Waals surface area (Å²) in [5.74, 6) is 1.02. The molecule has 7 heteroatoms. The molecule has 1 N–H and O–H groups in total. The monoisotopic (exact) mass is 370 g/mol. The van der Waals surface area contributed by atoms with E-state index in [2.05, 4.69) is 20.2 Å². The molecule has 6 nitrogen and oxygen atoms in total. The molecule has 0 spiro atoms. The molecule has 2 aliphatic rings. The van der Waals surface area contributed by atoms with Gasteiger partial charge in [-0.05, 0) is 23.3 Å². The number of alkyl halides is 1. The Labute approximate surface area is 156 Å². The lowest BCUT2D eigenvalue weighted by Gasteiger charge is -2.28. The van der Waals surface area contributed by atoms with Crippen LogP contribution in [-0.2, 0) is 9.53 Å². The average molecular weight is 371 g/mol. The summed E-state index contributed by atoms with van der Waals surface area (Å²) in [5, 5.41) is 2.83. The number of carbonyl (C=O) groups excluding carboxylic acids is 1. The zero-order valence-electron chi connectivity index (χ0n) is 14.2. The van der Waals surface area contributed by atoms with Crippen LogP contribution in [0.15, 0.2) is 47.6 Å². The number of hydrogen-bond donors (Lipinski definition) is 1. The number of amidine groups is 1. The second-order valence-electron chi connectivity index (χ2n) is 6.22. The van der Waals surface area contributed by atoms with Crippen LogP contribution in [0.2, 0.25) is 0 Å². The third-order valence-corrected chi connectivity index (χ3v) is 4.83. The number of ether oxygens (including phenoxy) is 1. The average Bonchev–Trinajstić information content (AvgIpc) is 3.06. The molecule has 0 bridgehead atoms. The van der Waals surface area contributed by atoms with Crippen molar-refractivity contribution in [3.05, 3.63) is 53.7 Å². The fourth-order valence-electron chi connectivity index (χ4n) is 3.34. The Bertz CT molecular complexity index is 832. The molecule has 2 aromatic rings. The molecule has 1 amide bonds. The van der Waals surface area contributed by atoms with Gasteiger partial charge in [0.1, 0.15) is 17.5 Å². The van der Waals surface area contributed by atoms with Crippen LogP contribution in [0.5, 0.6) is 0 Å². The predicted octanol–water partition coefficient (Wildman–Crippen LogP) is 2.45. The zero-order valence-corrected chi connectivity index (χ0v) is 14.9. The van der Waals surface area contributed by atoms with Crippen LogP contribution in [-0.4, -0.2) is 48.9 Å². The lowest BCUT2D eigenvalue weighted by molar-refractivity contribution is -0.117. The maximum absolute atomic E-state index is 11.8. The third-order valence-electron chi connectivity index (χ3n) is 4.59. The molecule has 1 unspecified atom stereocenters. The molecule has 0 aliphatic carbocycles. The maximum atomic E-state index is 11.8. The van der Waals surface area contributed by atoms with Gasteiger partial charge < -0.3 is 15.0 Å². The standard InChI is InChI=1S/C19H19ClN4O2/c20-11-17(25)23-19-18(14-3-1-2-4-15(14)22-19)13-5-6-16(21-12-13)24-7-9-26-10-8-24/h1-6,12,18H,7-11H2,(H,22,23,25). The van der Waals surface area contributed by atoms with Gasteiger partial charge in [0.05, 0.1) is 24.8 Å². The molecule has 26 heavy (non-hydrogen) atoms. The highest BCUT2D eigenvalue weighted by atomic mass is 35.5. The van der Waals surface area contributed by atoms with Gasteiger partial charge in [-0.3, -0.25) is 4.79 Å². The minimum absolute atomic E-state index is 0.101. The summed E-state index contributed by atoms with van der Waals surface area (Å²) < 4.78 is 5.39. The molecular formula is C19H19ClN4O2. The first-order valence-electron chi connectivity index (χ1n) is 8.58. The SMILES string of the molecule is O=C(CCl)NC1=Nc2ccccc2C1c1ccc(N2CCOCC2)nc1. The number of pyridine rings is 1. The highest BCUT2D eigenvalue weighted by Gasteiger charge is 2.30. The fraction of sp³-hybridized carbons (Fsp3) is 0.316. The molecule has 2 aliphatic heterocycles. The van der Waals surface area contributed by atoms with E-state index in [1.165, 1.54) is 0 Å². The maximum Gasteiger partial charge on any atom is 0.240 e. The number of nitrogens with one attached hydrogen (secondary N) is 1. The highest BCUT2D eigenvalue weighted by molar-refractivity contribution is 6.29. The first kappa shape index (κ1) is 17.0. The Hall–Kier alpha value is -2.44. The number of nitrogens with zero attached hydrogens (tertiary/aromatic N) is 3. The van der Waals surface area contributed by atoms with Crippen molar-refractivity contribution in [2.75, 3.05) is 37.1 Å². The molecule has 1 aromatic carbocycles. The number of benzene rings is 1. The van der Waals surface area contributed by atoms with Gasteiger partial charge in [-0.15, -0.1) is 11.6 Å². The van der Waals surface area contributed by atoms with E-state index in [-0.39, 0.29) is 17.7 Å². The van der Waals surface area contributed by atoms with Crippen LogP contribution in [0.1, 0.15) is 17.0 Å². The van der Waals surface area contributed by atoms with Gasteiger partial charge in [-0.25, -0.2) is 9.98 Å². The molecule has 0 radical (unpaired) electrons. The number of aromatic nitrogens is 1. The minimum Gasteiger partial charge on any atom is -0.378 e. The molecular weight excluding hydrogens is 352 g/mol. The van der Waals surface area contributed by atoms with E-state index in [4.69, 9.17) is 16.3 Å². The number of halogens is 1. The van der Waals surface area contributed by atoms with Crippen LogP contribution < -0.4 is 10.2 Å². The molecule has 3 heterocycles. The number of rotatable bonds is 3. The van der Waals surface area contributed by atoms with Crippen molar-refractivity contribution >= 4 is 34.8 Å².